The summed E-state index contributed by atoms with van der Waals surface area (Å²) < 4.78 is 10.6. The van der Waals surface area contributed by atoms with Gasteiger partial charge in [-0.25, -0.2) is 4.79 Å². The van der Waals surface area contributed by atoms with Crippen molar-refractivity contribution in [2.45, 2.75) is 26.8 Å². The SMILES string of the molecule is Cc1cc2oc(=O)cc(C[NH2+]CCc3ccco3)c2cc1C. The predicted molar refractivity (Wildman–Crippen MR) is 84.9 cm³/mol. The Morgan fingerprint density at radius 2 is 1.95 bits per heavy atom. The highest BCUT2D eigenvalue weighted by atomic mass is 16.4. The van der Waals surface area contributed by atoms with Gasteiger partial charge in [-0.05, 0) is 49.2 Å². The first kappa shape index (κ1) is 14.6. The molecule has 0 saturated heterocycles. The highest BCUT2D eigenvalue weighted by Gasteiger charge is 2.09. The van der Waals surface area contributed by atoms with Crippen LogP contribution >= 0.6 is 0 Å². The molecular formula is C18H20NO3+. The number of nitrogens with two attached hydrogens (primary N) is 1. The standard InChI is InChI=1S/C18H19NO3/c1-12-8-16-14(10-18(20)22-17(16)9-13(12)2)11-19-6-5-15-4-3-7-21-15/h3-4,7-10,19H,5-6,11H2,1-2H3/p+1. The Labute approximate surface area is 128 Å². The Kier molecular flexibility index (Phi) is 4.11. The van der Waals surface area contributed by atoms with Crippen LogP contribution < -0.4 is 10.9 Å². The molecule has 4 heteroatoms. The summed E-state index contributed by atoms with van der Waals surface area (Å²) in [5.41, 5.74) is 3.75. The quantitative estimate of drug-likeness (QED) is 0.581. The smallest absolute Gasteiger partial charge is 0.336 e. The topological polar surface area (TPSA) is 60.0 Å². The van der Waals surface area contributed by atoms with E-state index in [1.54, 1.807) is 12.3 Å². The molecule has 0 atom stereocenters. The molecule has 0 saturated carbocycles. The number of benzene rings is 1. The number of aryl methyl sites for hydroxylation is 2. The third kappa shape index (κ3) is 3.12. The maximum absolute atomic E-state index is 11.7. The van der Waals surface area contributed by atoms with Crippen LogP contribution in [0.5, 0.6) is 0 Å². The van der Waals surface area contributed by atoms with E-state index in [1.165, 1.54) is 5.56 Å². The summed E-state index contributed by atoms with van der Waals surface area (Å²) in [4.78, 5) is 11.7. The minimum Gasteiger partial charge on any atom is -0.469 e. The molecular weight excluding hydrogens is 278 g/mol. The zero-order chi connectivity index (χ0) is 15.5. The van der Waals surface area contributed by atoms with E-state index in [0.29, 0.717) is 5.58 Å². The first-order chi connectivity index (χ1) is 10.6. The van der Waals surface area contributed by atoms with Gasteiger partial charge in [0.2, 0.25) is 0 Å². The van der Waals surface area contributed by atoms with Crippen molar-refractivity contribution in [3.05, 3.63) is 69.5 Å². The van der Waals surface area contributed by atoms with Gasteiger partial charge in [0.15, 0.2) is 0 Å². The molecule has 0 aliphatic carbocycles. The van der Waals surface area contributed by atoms with Crippen molar-refractivity contribution in [1.29, 1.82) is 0 Å². The molecule has 0 amide bonds. The largest absolute Gasteiger partial charge is 0.469 e. The molecule has 4 nitrogen and oxygen atoms in total. The number of hydrogen-bond donors (Lipinski definition) is 1. The van der Waals surface area contributed by atoms with Crippen LogP contribution in [-0.4, -0.2) is 6.54 Å². The van der Waals surface area contributed by atoms with Gasteiger partial charge in [-0.2, -0.15) is 0 Å². The van der Waals surface area contributed by atoms with Crippen molar-refractivity contribution in [3.8, 4) is 0 Å². The molecule has 0 unspecified atom stereocenters. The van der Waals surface area contributed by atoms with Gasteiger partial charge in [-0.15, -0.1) is 0 Å². The molecule has 1 aromatic carbocycles. The fourth-order valence-electron chi connectivity index (χ4n) is 2.61. The monoisotopic (exact) mass is 298 g/mol. The highest BCUT2D eigenvalue weighted by Crippen LogP contribution is 2.20. The lowest BCUT2D eigenvalue weighted by Crippen LogP contribution is -2.83. The molecule has 3 aromatic rings. The lowest BCUT2D eigenvalue weighted by molar-refractivity contribution is -0.670. The van der Waals surface area contributed by atoms with Gasteiger partial charge in [0.25, 0.3) is 0 Å². The second kappa shape index (κ2) is 6.20. The molecule has 0 radical (unpaired) electrons. The van der Waals surface area contributed by atoms with Gasteiger partial charge in [-0.3, -0.25) is 0 Å². The summed E-state index contributed by atoms with van der Waals surface area (Å²) >= 11 is 0. The van der Waals surface area contributed by atoms with Crippen molar-refractivity contribution < 1.29 is 14.2 Å². The van der Waals surface area contributed by atoms with Crippen LogP contribution in [0.15, 0.2) is 50.2 Å². The van der Waals surface area contributed by atoms with Gasteiger partial charge >= 0.3 is 5.63 Å². The van der Waals surface area contributed by atoms with E-state index in [4.69, 9.17) is 8.83 Å². The molecule has 2 heterocycles. The van der Waals surface area contributed by atoms with Gasteiger partial charge in [0.1, 0.15) is 17.9 Å². The maximum atomic E-state index is 11.7. The minimum atomic E-state index is -0.287. The van der Waals surface area contributed by atoms with E-state index < -0.39 is 0 Å². The molecule has 22 heavy (non-hydrogen) atoms. The second-order valence-corrected chi connectivity index (χ2v) is 5.63. The highest BCUT2D eigenvalue weighted by molar-refractivity contribution is 5.81. The van der Waals surface area contributed by atoms with Crippen LogP contribution in [0.25, 0.3) is 11.0 Å². The molecule has 0 fully saturated rings. The Hall–Kier alpha value is -2.33. The molecule has 0 aliphatic heterocycles. The van der Waals surface area contributed by atoms with E-state index in [1.807, 2.05) is 25.1 Å². The summed E-state index contributed by atoms with van der Waals surface area (Å²) in [5, 5.41) is 3.21. The van der Waals surface area contributed by atoms with Gasteiger partial charge in [0.05, 0.1) is 19.2 Å². The third-order valence-electron chi connectivity index (χ3n) is 3.98. The van der Waals surface area contributed by atoms with E-state index in [2.05, 4.69) is 18.3 Å². The number of quaternary nitrogens is 1. The first-order valence-electron chi connectivity index (χ1n) is 7.51. The van der Waals surface area contributed by atoms with E-state index in [9.17, 15) is 4.79 Å². The molecule has 114 valence electrons. The summed E-state index contributed by atoms with van der Waals surface area (Å²) in [6.07, 6.45) is 2.57. The summed E-state index contributed by atoms with van der Waals surface area (Å²) in [5.74, 6) is 0.986. The Morgan fingerprint density at radius 1 is 1.14 bits per heavy atom. The van der Waals surface area contributed by atoms with Crippen LogP contribution in [0.1, 0.15) is 22.5 Å². The lowest BCUT2D eigenvalue weighted by Gasteiger charge is -2.07. The van der Waals surface area contributed by atoms with Crippen LogP contribution in [0.2, 0.25) is 0 Å². The predicted octanol–water partition coefficient (Wildman–Crippen LogP) is 2.31. The van der Waals surface area contributed by atoms with Gasteiger partial charge < -0.3 is 14.2 Å². The molecule has 0 bridgehead atoms. The van der Waals surface area contributed by atoms with Crippen LogP contribution in [0.4, 0.5) is 0 Å². The van der Waals surface area contributed by atoms with Crippen molar-refractivity contribution in [1.82, 2.24) is 0 Å². The summed E-state index contributed by atoms with van der Waals surface area (Å²) in [6.45, 7) is 5.77. The van der Waals surface area contributed by atoms with Crippen LogP contribution in [0, 0.1) is 13.8 Å². The molecule has 3 rings (SSSR count). The zero-order valence-corrected chi connectivity index (χ0v) is 12.9. The average Bonchev–Trinajstić information content (AvgIpc) is 2.98. The van der Waals surface area contributed by atoms with E-state index in [-0.39, 0.29) is 5.63 Å². The zero-order valence-electron chi connectivity index (χ0n) is 12.9. The Bertz CT molecular complexity index is 831. The minimum absolute atomic E-state index is 0.287. The van der Waals surface area contributed by atoms with Crippen LogP contribution in [-0.2, 0) is 13.0 Å². The van der Waals surface area contributed by atoms with E-state index >= 15 is 0 Å². The summed E-state index contributed by atoms with van der Waals surface area (Å²) in [7, 11) is 0. The summed E-state index contributed by atoms with van der Waals surface area (Å²) in [6, 6.07) is 9.52. The number of rotatable bonds is 5. The third-order valence-corrected chi connectivity index (χ3v) is 3.98. The molecule has 2 N–H and O–H groups in total. The van der Waals surface area contributed by atoms with Crippen molar-refractivity contribution >= 4 is 11.0 Å². The number of fused-ring (bicyclic) bond motifs is 1. The average molecular weight is 298 g/mol. The van der Waals surface area contributed by atoms with Crippen molar-refractivity contribution in [2.24, 2.45) is 0 Å². The molecule has 0 spiro atoms. The van der Waals surface area contributed by atoms with Gasteiger partial charge in [0, 0.05) is 17.0 Å². The normalized spacial score (nSPS) is 11.2. The van der Waals surface area contributed by atoms with Gasteiger partial charge in [-0.1, -0.05) is 0 Å². The lowest BCUT2D eigenvalue weighted by atomic mass is 10.0. The molecule has 2 aromatic heterocycles. The van der Waals surface area contributed by atoms with Crippen molar-refractivity contribution in [3.63, 3.8) is 0 Å². The van der Waals surface area contributed by atoms with E-state index in [0.717, 1.165) is 41.8 Å². The second-order valence-electron chi connectivity index (χ2n) is 5.63. The first-order valence-corrected chi connectivity index (χ1v) is 7.51. The number of hydrogen-bond acceptors (Lipinski definition) is 3. The molecule has 0 aliphatic rings. The fourth-order valence-corrected chi connectivity index (χ4v) is 2.61. The fraction of sp³-hybridized carbons (Fsp3) is 0.278. The number of furan rings is 1. The van der Waals surface area contributed by atoms with Crippen LogP contribution in [0.3, 0.4) is 0 Å². The Morgan fingerprint density at radius 3 is 2.73 bits per heavy atom. The maximum Gasteiger partial charge on any atom is 0.336 e. The van der Waals surface area contributed by atoms with Crippen molar-refractivity contribution in [2.75, 3.05) is 6.54 Å². The Balaban J connectivity index is 1.77.